The third-order valence-corrected chi connectivity index (χ3v) is 6.72. The molecule has 188 valence electrons. The Kier molecular flexibility index (Phi) is 7.74. The largest absolute Gasteiger partial charge is 0.483 e. The topological polar surface area (TPSA) is 108 Å². The highest BCUT2D eigenvalue weighted by atomic mass is 32.2. The lowest BCUT2D eigenvalue weighted by atomic mass is 10.1. The van der Waals surface area contributed by atoms with Crippen LogP contribution in [0.5, 0.6) is 5.75 Å². The van der Waals surface area contributed by atoms with Crippen molar-refractivity contribution in [3.63, 3.8) is 0 Å². The summed E-state index contributed by atoms with van der Waals surface area (Å²) in [5.74, 6) is -1.12. The second kappa shape index (κ2) is 11.1. The Balaban J connectivity index is 1.51. The summed E-state index contributed by atoms with van der Waals surface area (Å²) in [7, 11) is 1.61. The highest BCUT2D eigenvalue weighted by Gasteiger charge is 2.31. The van der Waals surface area contributed by atoms with E-state index in [0.29, 0.717) is 38.3 Å². The van der Waals surface area contributed by atoms with E-state index in [1.54, 1.807) is 50.4 Å². The van der Waals surface area contributed by atoms with Crippen molar-refractivity contribution in [2.24, 2.45) is 4.99 Å². The van der Waals surface area contributed by atoms with Gasteiger partial charge in [0.2, 0.25) is 0 Å². The number of carboxylic acid groups (broad SMARTS) is 1. The molecule has 0 spiro atoms. The van der Waals surface area contributed by atoms with Crippen LogP contribution in [-0.4, -0.2) is 46.6 Å². The Morgan fingerprint density at radius 1 is 1.05 bits per heavy atom. The number of hydrogen-bond acceptors (Lipinski definition) is 6. The first-order valence-corrected chi connectivity index (χ1v) is 12.2. The molecule has 0 saturated carbocycles. The molecule has 0 bridgehead atoms. The molecule has 0 atom stereocenters. The number of likely N-dealkylation sites (N-methyl/N-ethyl adjacent to an activating group) is 1. The molecule has 1 heterocycles. The Morgan fingerprint density at radius 2 is 1.78 bits per heavy atom. The fourth-order valence-electron chi connectivity index (χ4n) is 3.58. The molecular formula is C28H25N3O5S. The number of carboxylic acids is 1. The molecule has 2 amide bonds. The van der Waals surface area contributed by atoms with Gasteiger partial charge in [-0.2, -0.15) is 0 Å². The van der Waals surface area contributed by atoms with Crippen LogP contribution in [0.25, 0.3) is 6.08 Å². The van der Waals surface area contributed by atoms with Gasteiger partial charge in [0.05, 0.1) is 16.2 Å². The highest BCUT2D eigenvalue weighted by Crippen LogP contribution is 2.35. The predicted octanol–water partition coefficient (Wildman–Crippen LogP) is 5.25. The van der Waals surface area contributed by atoms with E-state index in [1.165, 1.54) is 22.7 Å². The number of nitrogens with zero attached hydrogens (tertiary/aromatic N) is 2. The lowest BCUT2D eigenvalue weighted by Gasteiger charge is -2.10. The zero-order valence-electron chi connectivity index (χ0n) is 20.5. The molecule has 0 radical (unpaired) electrons. The van der Waals surface area contributed by atoms with E-state index < -0.39 is 5.97 Å². The van der Waals surface area contributed by atoms with E-state index in [-0.39, 0.29) is 24.0 Å². The second-order valence-electron chi connectivity index (χ2n) is 8.36. The van der Waals surface area contributed by atoms with Crippen molar-refractivity contribution in [3.8, 4) is 5.75 Å². The van der Waals surface area contributed by atoms with Gasteiger partial charge in [0.15, 0.2) is 11.8 Å². The van der Waals surface area contributed by atoms with E-state index in [9.17, 15) is 19.5 Å². The lowest BCUT2D eigenvalue weighted by molar-refractivity contribution is -0.121. The predicted molar refractivity (Wildman–Crippen MR) is 145 cm³/mol. The zero-order chi connectivity index (χ0) is 26.5. The average Bonchev–Trinajstić information content (AvgIpc) is 3.13. The van der Waals surface area contributed by atoms with Crippen LogP contribution in [-0.2, 0) is 9.59 Å². The third-order valence-electron chi connectivity index (χ3n) is 5.65. The van der Waals surface area contributed by atoms with Crippen LogP contribution in [0.4, 0.5) is 11.4 Å². The Hall–Kier alpha value is -4.37. The van der Waals surface area contributed by atoms with E-state index in [1.807, 2.05) is 37.3 Å². The highest BCUT2D eigenvalue weighted by molar-refractivity contribution is 8.18. The zero-order valence-corrected chi connectivity index (χ0v) is 21.3. The number of benzene rings is 3. The molecule has 1 saturated heterocycles. The summed E-state index contributed by atoms with van der Waals surface area (Å²) in [6.45, 7) is 3.46. The fraction of sp³-hybridized carbons (Fsp3) is 0.143. The van der Waals surface area contributed by atoms with E-state index in [0.717, 1.165) is 5.56 Å². The Labute approximate surface area is 218 Å². The SMILES string of the molecule is Cc1ccc(NC(=O)COc2ccccc2/C=C2\SC(=Nc3cccc(C(=O)O)c3C)N(C)C2=O)cc1. The summed E-state index contributed by atoms with van der Waals surface area (Å²) in [5, 5.41) is 12.6. The Bertz CT molecular complexity index is 1430. The summed E-state index contributed by atoms with van der Waals surface area (Å²) in [5.41, 5.74) is 3.57. The van der Waals surface area contributed by atoms with Crippen LogP contribution in [0.1, 0.15) is 27.0 Å². The van der Waals surface area contributed by atoms with E-state index >= 15 is 0 Å². The number of carbonyl (C=O) groups is 3. The minimum Gasteiger partial charge on any atom is -0.483 e. The molecule has 0 aromatic heterocycles. The van der Waals surface area contributed by atoms with E-state index in [4.69, 9.17) is 4.74 Å². The molecule has 3 aromatic carbocycles. The molecule has 1 aliphatic heterocycles. The molecule has 1 aliphatic rings. The molecule has 2 N–H and O–H groups in total. The van der Waals surface area contributed by atoms with Crippen molar-refractivity contribution in [3.05, 3.63) is 93.9 Å². The maximum Gasteiger partial charge on any atom is 0.336 e. The van der Waals surface area contributed by atoms with Crippen LogP contribution in [0.15, 0.2) is 76.6 Å². The number of amides is 2. The minimum absolute atomic E-state index is 0.159. The fourth-order valence-corrected chi connectivity index (χ4v) is 4.55. The number of carbonyl (C=O) groups excluding carboxylic acids is 2. The number of amidine groups is 1. The lowest BCUT2D eigenvalue weighted by Crippen LogP contribution is -2.23. The molecule has 8 nitrogen and oxygen atoms in total. The minimum atomic E-state index is -1.03. The molecular weight excluding hydrogens is 490 g/mol. The van der Waals surface area contributed by atoms with Gasteiger partial charge in [-0.1, -0.05) is 42.0 Å². The first-order valence-electron chi connectivity index (χ1n) is 11.4. The summed E-state index contributed by atoms with van der Waals surface area (Å²) in [6.07, 6.45) is 1.69. The number of ether oxygens (including phenoxy) is 1. The normalized spacial score (nSPS) is 15.3. The van der Waals surface area contributed by atoms with Gasteiger partial charge in [-0.15, -0.1) is 0 Å². The number of para-hydroxylation sites is 1. The summed E-state index contributed by atoms with van der Waals surface area (Å²) >= 11 is 1.18. The van der Waals surface area contributed by atoms with Gasteiger partial charge in [0.1, 0.15) is 5.75 Å². The van der Waals surface area contributed by atoms with Crippen LogP contribution in [0.2, 0.25) is 0 Å². The molecule has 3 aromatic rings. The van der Waals surface area contributed by atoms with Crippen molar-refractivity contribution in [1.29, 1.82) is 0 Å². The summed E-state index contributed by atoms with van der Waals surface area (Å²) < 4.78 is 5.76. The van der Waals surface area contributed by atoms with Crippen molar-refractivity contribution in [1.82, 2.24) is 4.90 Å². The number of hydrogen-bond donors (Lipinski definition) is 2. The van der Waals surface area contributed by atoms with Crippen molar-refractivity contribution < 1.29 is 24.2 Å². The number of anilines is 1. The van der Waals surface area contributed by atoms with Crippen LogP contribution in [0.3, 0.4) is 0 Å². The smallest absolute Gasteiger partial charge is 0.336 e. The number of aromatic carboxylic acids is 1. The third kappa shape index (κ3) is 6.07. The summed E-state index contributed by atoms with van der Waals surface area (Å²) in [4.78, 5) is 43.1. The maximum atomic E-state index is 12.9. The first kappa shape index (κ1) is 25.7. The number of thioether (sulfide) groups is 1. The molecule has 0 aliphatic carbocycles. The van der Waals surface area contributed by atoms with Crippen LogP contribution < -0.4 is 10.1 Å². The number of nitrogens with one attached hydrogen (secondary N) is 1. The van der Waals surface area contributed by atoms with E-state index in [2.05, 4.69) is 10.3 Å². The van der Waals surface area contributed by atoms with Crippen molar-refractivity contribution in [2.45, 2.75) is 13.8 Å². The summed E-state index contributed by atoms with van der Waals surface area (Å²) in [6, 6.07) is 19.4. The number of aryl methyl sites for hydroxylation is 1. The standard InChI is InChI=1S/C28H25N3O5S/c1-17-11-13-20(14-12-17)29-25(32)16-36-23-10-5-4-7-19(23)15-24-26(33)31(3)28(37-24)30-22-9-6-8-21(18(22)2)27(34)35/h4-15H,16H2,1-3H3,(H,29,32)(H,34,35)/b24-15-,30-28?. The second-order valence-corrected chi connectivity index (χ2v) is 9.37. The van der Waals surface area contributed by atoms with Gasteiger partial charge in [-0.3, -0.25) is 14.5 Å². The van der Waals surface area contributed by atoms with Crippen molar-refractivity contribution >= 4 is 52.2 Å². The van der Waals surface area contributed by atoms with Gasteiger partial charge in [0.25, 0.3) is 11.8 Å². The molecule has 4 rings (SSSR count). The van der Waals surface area contributed by atoms with Gasteiger partial charge < -0.3 is 15.2 Å². The number of rotatable bonds is 7. The monoisotopic (exact) mass is 515 g/mol. The van der Waals surface area contributed by atoms with Crippen LogP contribution in [0, 0.1) is 13.8 Å². The van der Waals surface area contributed by atoms with Crippen LogP contribution >= 0.6 is 11.8 Å². The van der Waals surface area contributed by atoms with Gasteiger partial charge in [0, 0.05) is 18.3 Å². The average molecular weight is 516 g/mol. The van der Waals surface area contributed by atoms with Gasteiger partial charge in [-0.25, -0.2) is 9.79 Å². The number of aliphatic imine (C=N–C) groups is 1. The Morgan fingerprint density at radius 3 is 2.51 bits per heavy atom. The quantitative estimate of drug-likeness (QED) is 0.416. The molecule has 1 fully saturated rings. The molecule has 37 heavy (non-hydrogen) atoms. The van der Waals surface area contributed by atoms with Crippen molar-refractivity contribution in [2.75, 3.05) is 19.0 Å². The van der Waals surface area contributed by atoms with Gasteiger partial charge in [-0.05, 0) is 67.6 Å². The maximum absolute atomic E-state index is 12.9. The first-order chi connectivity index (χ1) is 17.7. The molecule has 9 heteroatoms. The van der Waals surface area contributed by atoms with Gasteiger partial charge >= 0.3 is 5.97 Å². The molecule has 0 unspecified atom stereocenters.